The van der Waals surface area contributed by atoms with Crippen molar-refractivity contribution in [3.05, 3.63) is 66.4 Å². The topological polar surface area (TPSA) is 66.9 Å². The van der Waals surface area contributed by atoms with Crippen LogP contribution in [0.1, 0.15) is 10.4 Å². The summed E-state index contributed by atoms with van der Waals surface area (Å²) >= 11 is 0. The van der Waals surface area contributed by atoms with Crippen molar-refractivity contribution in [1.29, 1.82) is 0 Å². The first-order valence-corrected chi connectivity index (χ1v) is 7.12. The third kappa shape index (κ3) is 3.38. The number of carbonyl (C=O) groups excluding carboxylic acids is 1. The maximum absolute atomic E-state index is 11.9. The summed E-state index contributed by atoms with van der Waals surface area (Å²) in [4.78, 5) is 20.7. The molecule has 0 bridgehead atoms. The number of para-hydroxylation sites is 2. The minimum atomic E-state index is -0.0769. The van der Waals surface area contributed by atoms with E-state index in [1.54, 1.807) is 18.3 Å². The van der Waals surface area contributed by atoms with E-state index in [0.29, 0.717) is 24.5 Å². The summed E-state index contributed by atoms with van der Waals surface area (Å²) in [6.45, 7) is 1.10. The number of hydrogen-bond donors (Lipinski definition) is 2. The second kappa shape index (κ2) is 6.67. The van der Waals surface area contributed by atoms with Gasteiger partial charge < -0.3 is 10.6 Å². The zero-order chi connectivity index (χ0) is 15.2. The molecule has 1 amide bonds. The van der Waals surface area contributed by atoms with E-state index in [0.717, 1.165) is 11.0 Å². The molecule has 0 aliphatic rings. The Kier molecular flexibility index (Phi) is 4.25. The zero-order valence-electron chi connectivity index (χ0n) is 12.0. The van der Waals surface area contributed by atoms with Crippen LogP contribution in [-0.4, -0.2) is 29.0 Å². The molecule has 0 fully saturated rings. The first-order chi connectivity index (χ1) is 10.8. The van der Waals surface area contributed by atoms with E-state index in [9.17, 15) is 4.79 Å². The largest absolute Gasteiger partial charge is 0.367 e. The van der Waals surface area contributed by atoms with Crippen molar-refractivity contribution >= 4 is 22.8 Å². The van der Waals surface area contributed by atoms with Gasteiger partial charge in [-0.25, -0.2) is 4.98 Å². The average molecular weight is 292 g/mol. The quantitative estimate of drug-likeness (QED) is 0.709. The van der Waals surface area contributed by atoms with Gasteiger partial charge in [0, 0.05) is 18.7 Å². The maximum atomic E-state index is 11.9. The molecule has 5 nitrogen and oxygen atoms in total. The number of benzene rings is 2. The molecule has 3 rings (SSSR count). The Hall–Kier alpha value is -2.95. The van der Waals surface area contributed by atoms with Crippen LogP contribution in [0.5, 0.6) is 0 Å². The van der Waals surface area contributed by atoms with Gasteiger partial charge in [0.05, 0.1) is 17.2 Å². The predicted molar refractivity (Wildman–Crippen MR) is 86.8 cm³/mol. The minimum absolute atomic E-state index is 0.0769. The van der Waals surface area contributed by atoms with E-state index in [2.05, 4.69) is 20.6 Å². The highest BCUT2D eigenvalue weighted by molar-refractivity contribution is 5.94. The van der Waals surface area contributed by atoms with Crippen LogP contribution in [0.3, 0.4) is 0 Å². The fraction of sp³-hybridized carbons (Fsp3) is 0.118. The lowest BCUT2D eigenvalue weighted by Gasteiger charge is -2.08. The number of aromatic nitrogens is 2. The lowest BCUT2D eigenvalue weighted by Crippen LogP contribution is -2.28. The van der Waals surface area contributed by atoms with Crippen molar-refractivity contribution in [3.63, 3.8) is 0 Å². The predicted octanol–water partition coefficient (Wildman–Crippen LogP) is 2.47. The molecule has 0 radical (unpaired) electrons. The van der Waals surface area contributed by atoms with E-state index in [4.69, 9.17) is 0 Å². The number of carbonyl (C=O) groups is 1. The number of nitrogens with zero attached hydrogens (tertiary/aromatic N) is 2. The zero-order valence-corrected chi connectivity index (χ0v) is 12.0. The fourth-order valence-electron chi connectivity index (χ4n) is 2.10. The molecule has 22 heavy (non-hydrogen) atoms. The highest BCUT2D eigenvalue weighted by Crippen LogP contribution is 2.10. The molecule has 3 aromatic rings. The highest BCUT2D eigenvalue weighted by atomic mass is 16.1. The SMILES string of the molecule is O=C(NCCNc1cnc2ccccc2n1)c1ccccc1. The van der Waals surface area contributed by atoms with E-state index >= 15 is 0 Å². The Morgan fingerprint density at radius 3 is 2.45 bits per heavy atom. The van der Waals surface area contributed by atoms with Crippen LogP contribution in [-0.2, 0) is 0 Å². The normalized spacial score (nSPS) is 10.4. The van der Waals surface area contributed by atoms with Crippen molar-refractivity contribution in [2.75, 3.05) is 18.4 Å². The van der Waals surface area contributed by atoms with Gasteiger partial charge >= 0.3 is 0 Å². The van der Waals surface area contributed by atoms with Gasteiger partial charge in [0.25, 0.3) is 5.91 Å². The summed E-state index contributed by atoms with van der Waals surface area (Å²) in [6.07, 6.45) is 1.70. The van der Waals surface area contributed by atoms with Gasteiger partial charge in [-0.3, -0.25) is 9.78 Å². The summed E-state index contributed by atoms with van der Waals surface area (Å²) in [5.41, 5.74) is 2.37. The molecule has 0 unspecified atom stereocenters. The van der Waals surface area contributed by atoms with Crippen molar-refractivity contribution in [2.45, 2.75) is 0 Å². The molecular formula is C17H16N4O. The number of anilines is 1. The number of fused-ring (bicyclic) bond motifs is 1. The van der Waals surface area contributed by atoms with Crippen molar-refractivity contribution in [1.82, 2.24) is 15.3 Å². The molecule has 2 N–H and O–H groups in total. The molecule has 1 heterocycles. The van der Waals surface area contributed by atoms with Crippen molar-refractivity contribution in [3.8, 4) is 0 Å². The number of nitrogens with one attached hydrogen (secondary N) is 2. The Morgan fingerprint density at radius 2 is 1.64 bits per heavy atom. The second-order valence-corrected chi connectivity index (χ2v) is 4.79. The smallest absolute Gasteiger partial charge is 0.251 e. The van der Waals surface area contributed by atoms with E-state index in [-0.39, 0.29) is 5.91 Å². The second-order valence-electron chi connectivity index (χ2n) is 4.79. The van der Waals surface area contributed by atoms with Gasteiger partial charge in [-0.1, -0.05) is 30.3 Å². The van der Waals surface area contributed by atoms with E-state index < -0.39 is 0 Å². The summed E-state index contributed by atoms with van der Waals surface area (Å²) in [7, 11) is 0. The fourth-order valence-corrected chi connectivity index (χ4v) is 2.10. The highest BCUT2D eigenvalue weighted by Gasteiger charge is 2.03. The Morgan fingerprint density at radius 1 is 0.909 bits per heavy atom. The molecule has 0 saturated carbocycles. The Bertz CT molecular complexity index is 774. The van der Waals surface area contributed by atoms with Crippen LogP contribution in [0, 0.1) is 0 Å². The van der Waals surface area contributed by atoms with Crippen LogP contribution >= 0.6 is 0 Å². The van der Waals surface area contributed by atoms with Gasteiger partial charge in [0.15, 0.2) is 0 Å². The standard InChI is InChI=1S/C17H16N4O/c22-17(13-6-2-1-3-7-13)19-11-10-18-16-12-20-14-8-4-5-9-15(14)21-16/h1-9,12H,10-11H2,(H,18,21)(H,19,22). The van der Waals surface area contributed by atoms with Crippen LogP contribution in [0.15, 0.2) is 60.8 Å². The van der Waals surface area contributed by atoms with Crippen LogP contribution in [0.2, 0.25) is 0 Å². The molecule has 5 heteroatoms. The van der Waals surface area contributed by atoms with Gasteiger partial charge in [0.1, 0.15) is 5.82 Å². The summed E-state index contributed by atoms with van der Waals surface area (Å²) < 4.78 is 0. The monoisotopic (exact) mass is 292 g/mol. The van der Waals surface area contributed by atoms with Crippen molar-refractivity contribution in [2.24, 2.45) is 0 Å². The molecule has 0 aliphatic carbocycles. The average Bonchev–Trinajstić information content (AvgIpc) is 2.59. The Labute approximate surface area is 128 Å². The molecule has 110 valence electrons. The third-order valence-electron chi connectivity index (χ3n) is 3.20. The van der Waals surface area contributed by atoms with Gasteiger partial charge in [0.2, 0.25) is 0 Å². The van der Waals surface area contributed by atoms with Gasteiger partial charge in [-0.05, 0) is 24.3 Å². The third-order valence-corrected chi connectivity index (χ3v) is 3.20. The first kappa shape index (κ1) is 14.0. The van der Waals surface area contributed by atoms with Gasteiger partial charge in [-0.2, -0.15) is 0 Å². The first-order valence-electron chi connectivity index (χ1n) is 7.12. The molecule has 2 aromatic carbocycles. The molecule has 0 saturated heterocycles. The molecule has 0 aliphatic heterocycles. The van der Waals surface area contributed by atoms with Crippen LogP contribution in [0.25, 0.3) is 11.0 Å². The van der Waals surface area contributed by atoms with Crippen LogP contribution < -0.4 is 10.6 Å². The number of hydrogen-bond acceptors (Lipinski definition) is 4. The lowest BCUT2D eigenvalue weighted by atomic mass is 10.2. The summed E-state index contributed by atoms with van der Waals surface area (Å²) in [6, 6.07) is 16.9. The summed E-state index contributed by atoms with van der Waals surface area (Å²) in [5, 5.41) is 6.01. The number of amides is 1. The number of rotatable bonds is 5. The summed E-state index contributed by atoms with van der Waals surface area (Å²) in [5.74, 6) is 0.625. The van der Waals surface area contributed by atoms with E-state index in [1.807, 2.05) is 42.5 Å². The van der Waals surface area contributed by atoms with Crippen molar-refractivity contribution < 1.29 is 4.79 Å². The maximum Gasteiger partial charge on any atom is 0.251 e. The Balaban J connectivity index is 1.51. The lowest BCUT2D eigenvalue weighted by molar-refractivity contribution is 0.0955. The minimum Gasteiger partial charge on any atom is -0.367 e. The molecule has 0 atom stereocenters. The molecule has 0 spiro atoms. The molecule has 1 aromatic heterocycles. The van der Waals surface area contributed by atoms with Gasteiger partial charge in [-0.15, -0.1) is 0 Å². The van der Waals surface area contributed by atoms with E-state index in [1.165, 1.54) is 0 Å². The van der Waals surface area contributed by atoms with Crippen LogP contribution in [0.4, 0.5) is 5.82 Å². The molecular weight excluding hydrogens is 276 g/mol.